The van der Waals surface area contributed by atoms with Gasteiger partial charge in [-0.25, -0.2) is 0 Å². The average Bonchev–Trinajstić information content (AvgIpc) is 2.85. The number of aliphatic carboxylic acids is 1. The summed E-state index contributed by atoms with van der Waals surface area (Å²) >= 11 is 0. The van der Waals surface area contributed by atoms with Crippen molar-refractivity contribution in [3.8, 4) is 0 Å². The summed E-state index contributed by atoms with van der Waals surface area (Å²) in [7, 11) is 0. The van der Waals surface area contributed by atoms with Gasteiger partial charge in [-0.1, -0.05) is 0 Å². The van der Waals surface area contributed by atoms with Crippen molar-refractivity contribution in [2.45, 2.75) is 12.6 Å². The molecule has 0 aromatic carbocycles. The van der Waals surface area contributed by atoms with E-state index in [9.17, 15) is 9.90 Å². The standard InChI is InChI=1S/C14H21N3O3/c18-14(19)12-7-16(6-11-1-4-20-10-11)9-13-5-15-2-3-17(13)8-12/h1,4,10,12-13,15H,2-3,5-9H2,(H,18,19). The van der Waals surface area contributed by atoms with Gasteiger partial charge in [-0.3, -0.25) is 14.6 Å². The minimum absolute atomic E-state index is 0.315. The third kappa shape index (κ3) is 3.03. The maximum Gasteiger partial charge on any atom is 0.309 e. The van der Waals surface area contributed by atoms with Crippen LogP contribution in [0, 0.1) is 5.92 Å². The van der Waals surface area contributed by atoms with Crippen molar-refractivity contribution in [1.29, 1.82) is 0 Å². The maximum atomic E-state index is 11.4. The third-order valence-electron chi connectivity index (χ3n) is 4.21. The highest BCUT2D eigenvalue weighted by Gasteiger charge is 2.34. The molecule has 2 atom stereocenters. The molecule has 0 saturated carbocycles. The largest absolute Gasteiger partial charge is 0.481 e. The van der Waals surface area contributed by atoms with E-state index in [0.29, 0.717) is 19.1 Å². The summed E-state index contributed by atoms with van der Waals surface area (Å²) in [5.41, 5.74) is 1.10. The SMILES string of the molecule is O=C(O)C1CN(Cc2ccoc2)CC2CNCCN2C1. The van der Waals surface area contributed by atoms with E-state index in [1.54, 1.807) is 12.5 Å². The molecule has 2 N–H and O–H groups in total. The molecule has 0 bridgehead atoms. The molecule has 0 spiro atoms. The van der Waals surface area contributed by atoms with Crippen LogP contribution in [0.2, 0.25) is 0 Å². The number of hydrogen-bond acceptors (Lipinski definition) is 5. The number of piperazine rings is 1. The minimum atomic E-state index is -0.693. The minimum Gasteiger partial charge on any atom is -0.481 e. The smallest absolute Gasteiger partial charge is 0.309 e. The van der Waals surface area contributed by atoms with Crippen LogP contribution in [0.25, 0.3) is 0 Å². The number of rotatable bonds is 3. The fourth-order valence-electron chi connectivity index (χ4n) is 3.17. The highest BCUT2D eigenvalue weighted by molar-refractivity contribution is 5.70. The molecule has 3 heterocycles. The molecule has 1 aromatic heterocycles. The van der Waals surface area contributed by atoms with Gasteiger partial charge in [0.15, 0.2) is 0 Å². The Balaban J connectivity index is 1.73. The van der Waals surface area contributed by atoms with Crippen molar-refractivity contribution in [2.24, 2.45) is 5.92 Å². The number of hydrogen-bond donors (Lipinski definition) is 2. The van der Waals surface area contributed by atoms with Crippen LogP contribution in [0.3, 0.4) is 0 Å². The van der Waals surface area contributed by atoms with Crippen LogP contribution in [-0.4, -0.2) is 66.2 Å². The summed E-state index contributed by atoms with van der Waals surface area (Å²) in [6.07, 6.45) is 3.40. The van der Waals surface area contributed by atoms with Gasteiger partial charge >= 0.3 is 5.97 Å². The van der Waals surface area contributed by atoms with Crippen molar-refractivity contribution in [3.05, 3.63) is 24.2 Å². The Hall–Kier alpha value is -1.37. The molecule has 3 rings (SSSR count). The van der Waals surface area contributed by atoms with E-state index in [0.717, 1.165) is 38.3 Å². The first-order valence-electron chi connectivity index (χ1n) is 7.13. The average molecular weight is 279 g/mol. The van der Waals surface area contributed by atoms with Crippen LogP contribution in [-0.2, 0) is 11.3 Å². The summed E-state index contributed by atoms with van der Waals surface area (Å²) < 4.78 is 5.10. The molecule has 110 valence electrons. The predicted octanol–water partition coefficient (Wildman–Crippen LogP) is 0.0698. The molecule has 20 heavy (non-hydrogen) atoms. The second-order valence-corrected chi connectivity index (χ2v) is 5.71. The number of furan rings is 1. The second kappa shape index (κ2) is 5.95. The zero-order valence-electron chi connectivity index (χ0n) is 11.5. The van der Waals surface area contributed by atoms with E-state index in [4.69, 9.17) is 4.42 Å². The number of carboxylic acid groups (broad SMARTS) is 1. The highest BCUT2D eigenvalue weighted by atomic mass is 16.4. The molecule has 2 aliphatic rings. The second-order valence-electron chi connectivity index (χ2n) is 5.71. The van der Waals surface area contributed by atoms with Crippen LogP contribution < -0.4 is 5.32 Å². The molecule has 2 unspecified atom stereocenters. The first-order valence-corrected chi connectivity index (χ1v) is 7.13. The lowest BCUT2D eigenvalue weighted by Crippen LogP contribution is -2.54. The van der Waals surface area contributed by atoms with E-state index in [1.807, 2.05) is 6.07 Å². The van der Waals surface area contributed by atoms with Gasteiger partial charge in [0.1, 0.15) is 0 Å². The van der Waals surface area contributed by atoms with Crippen LogP contribution in [0.1, 0.15) is 5.56 Å². The number of nitrogens with zero attached hydrogens (tertiary/aromatic N) is 2. The predicted molar refractivity (Wildman–Crippen MR) is 73.3 cm³/mol. The fourth-order valence-corrected chi connectivity index (χ4v) is 3.17. The number of carbonyl (C=O) groups is 1. The zero-order chi connectivity index (χ0) is 13.9. The molecule has 0 radical (unpaired) electrons. The maximum absolute atomic E-state index is 11.4. The lowest BCUT2D eigenvalue weighted by molar-refractivity contribution is -0.142. The van der Waals surface area contributed by atoms with Gasteiger partial charge in [0.25, 0.3) is 0 Å². The zero-order valence-corrected chi connectivity index (χ0v) is 11.5. The van der Waals surface area contributed by atoms with Gasteiger partial charge in [0.2, 0.25) is 0 Å². The first-order chi connectivity index (χ1) is 9.72. The van der Waals surface area contributed by atoms with Crippen molar-refractivity contribution in [3.63, 3.8) is 0 Å². The van der Waals surface area contributed by atoms with Crippen LogP contribution in [0.4, 0.5) is 0 Å². The van der Waals surface area contributed by atoms with Crippen LogP contribution in [0.15, 0.2) is 23.0 Å². The lowest BCUT2D eigenvalue weighted by Gasteiger charge is -2.36. The van der Waals surface area contributed by atoms with Gasteiger partial charge in [-0.2, -0.15) is 0 Å². The van der Waals surface area contributed by atoms with Gasteiger partial charge in [0.05, 0.1) is 18.4 Å². The Kier molecular flexibility index (Phi) is 4.05. The van der Waals surface area contributed by atoms with E-state index in [-0.39, 0.29) is 5.92 Å². The third-order valence-corrected chi connectivity index (χ3v) is 4.21. The van der Waals surface area contributed by atoms with Crippen molar-refractivity contribution >= 4 is 5.97 Å². The molecule has 1 aromatic rings. The lowest BCUT2D eigenvalue weighted by atomic mass is 10.1. The molecule has 2 saturated heterocycles. The molecule has 6 heteroatoms. The topological polar surface area (TPSA) is 68.9 Å². The van der Waals surface area contributed by atoms with E-state index >= 15 is 0 Å². The van der Waals surface area contributed by atoms with E-state index in [2.05, 4.69) is 15.1 Å². The molecule has 2 aliphatic heterocycles. The molecular formula is C14H21N3O3. The summed E-state index contributed by atoms with van der Waals surface area (Å²) in [4.78, 5) is 16.0. The van der Waals surface area contributed by atoms with Crippen LogP contribution >= 0.6 is 0 Å². The Morgan fingerprint density at radius 2 is 2.35 bits per heavy atom. The summed E-state index contributed by atoms with van der Waals surface area (Å²) in [5, 5.41) is 12.8. The van der Waals surface area contributed by atoms with Gasteiger partial charge in [-0.15, -0.1) is 0 Å². The van der Waals surface area contributed by atoms with Gasteiger partial charge in [0, 0.05) is 57.4 Å². The van der Waals surface area contributed by atoms with Crippen molar-refractivity contribution in [2.75, 3.05) is 39.3 Å². The Morgan fingerprint density at radius 1 is 1.45 bits per heavy atom. The summed E-state index contributed by atoms with van der Waals surface area (Å²) in [5.74, 6) is -1.01. The van der Waals surface area contributed by atoms with Gasteiger partial charge < -0.3 is 14.8 Å². The number of nitrogens with one attached hydrogen (secondary N) is 1. The molecule has 2 fully saturated rings. The van der Waals surface area contributed by atoms with E-state index < -0.39 is 5.97 Å². The quantitative estimate of drug-likeness (QED) is 0.816. The Bertz CT molecular complexity index is 449. The van der Waals surface area contributed by atoms with Crippen LogP contribution in [0.5, 0.6) is 0 Å². The van der Waals surface area contributed by atoms with Gasteiger partial charge in [-0.05, 0) is 6.07 Å². The first kappa shape index (κ1) is 13.6. The highest BCUT2D eigenvalue weighted by Crippen LogP contribution is 2.18. The fraction of sp³-hybridized carbons (Fsp3) is 0.643. The Labute approximate surface area is 118 Å². The molecule has 0 aliphatic carbocycles. The summed E-state index contributed by atoms with van der Waals surface area (Å²) in [6.45, 7) is 5.75. The normalized spacial score (nSPS) is 28.8. The summed E-state index contributed by atoms with van der Waals surface area (Å²) in [6, 6.07) is 2.34. The van der Waals surface area contributed by atoms with E-state index in [1.165, 1.54) is 0 Å². The number of fused-ring (bicyclic) bond motifs is 1. The molecule has 6 nitrogen and oxygen atoms in total. The number of carboxylic acids is 1. The Morgan fingerprint density at radius 3 is 3.10 bits per heavy atom. The molecular weight excluding hydrogens is 258 g/mol. The van der Waals surface area contributed by atoms with Crippen molar-refractivity contribution in [1.82, 2.24) is 15.1 Å². The monoisotopic (exact) mass is 279 g/mol. The molecule has 0 amide bonds. The van der Waals surface area contributed by atoms with Crippen molar-refractivity contribution < 1.29 is 14.3 Å².